The highest BCUT2D eigenvalue weighted by atomic mass is 32.2. The van der Waals surface area contributed by atoms with Crippen LogP contribution in [0.25, 0.3) is 6.08 Å². The molecule has 0 aromatic heterocycles. The molecule has 0 atom stereocenters. The molecule has 1 amide bonds. The van der Waals surface area contributed by atoms with Gasteiger partial charge in [-0.3, -0.25) is 9.59 Å². The van der Waals surface area contributed by atoms with E-state index in [4.69, 9.17) is 10.00 Å². The van der Waals surface area contributed by atoms with E-state index in [-0.39, 0.29) is 38.7 Å². The number of nitrogens with zero attached hydrogens (tertiary/aromatic N) is 1. The minimum Gasteiger partial charge on any atom is -0.462 e. The number of amides is 1. The van der Waals surface area contributed by atoms with Crippen LogP contribution < -0.4 is 5.32 Å². The predicted molar refractivity (Wildman–Crippen MR) is 126 cm³/mol. The fraction of sp³-hybridized carbons (Fsp3) is 0.0769. The van der Waals surface area contributed by atoms with Gasteiger partial charge in [0.25, 0.3) is 5.91 Å². The third-order valence-electron chi connectivity index (χ3n) is 5.29. The maximum absolute atomic E-state index is 13.1. The van der Waals surface area contributed by atoms with Crippen LogP contribution in [-0.4, -0.2) is 32.7 Å². The van der Waals surface area contributed by atoms with Crippen LogP contribution in [0.5, 0.6) is 0 Å². The second kappa shape index (κ2) is 9.37. The van der Waals surface area contributed by atoms with E-state index < -0.39 is 27.5 Å². The van der Waals surface area contributed by atoms with Crippen molar-refractivity contribution >= 4 is 39.3 Å². The second-order valence-corrected chi connectivity index (χ2v) is 9.39. The summed E-state index contributed by atoms with van der Waals surface area (Å²) in [6.45, 7) is 1.78. The first-order valence-corrected chi connectivity index (χ1v) is 12.0. The highest BCUT2D eigenvalue weighted by Gasteiger charge is 2.35. The molecule has 1 aliphatic rings. The van der Waals surface area contributed by atoms with Gasteiger partial charge in [-0.25, -0.2) is 13.2 Å². The summed E-state index contributed by atoms with van der Waals surface area (Å²) in [5.41, 5.74) is 0.987. The number of nitrogens with one attached hydrogen (secondary N) is 1. The minimum absolute atomic E-state index is 0.0197. The number of sulfone groups is 1. The lowest BCUT2D eigenvalue weighted by molar-refractivity contribution is -0.137. The molecule has 0 saturated carbocycles. The molecule has 35 heavy (non-hydrogen) atoms. The molecular formula is C26H18N2O6S. The number of carbonyl (C=O) groups excluding carboxylic acids is 3. The summed E-state index contributed by atoms with van der Waals surface area (Å²) in [6, 6.07) is 18.0. The van der Waals surface area contributed by atoms with E-state index in [1.54, 1.807) is 43.3 Å². The molecule has 3 aromatic carbocycles. The summed E-state index contributed by atoms with van der Waals surface area (Å²) in [5.74, 6) is -1.71. The van der Waals surface area contributed by atoms with Gasteiger partial charge in [0.1, 0.15) is 11.6 Å². The summed E-state index contributed by atoms with van der Waals surface area (Å²) < 4.78 is 31.0. The summed E-state index contributed by atoms with van der Waals surface area (Å²) in [4.78, 5) is 37.0. The van der Waals surface area contributed by atoms with Crippen molar-refractivity contribution in [1.82, 2.24) is 0 Å². The number of benzene rings is 3. The Labute approximate surface area is 201 Å². The van der Waals surface area contributed by atoms with E-state index in [2.05, 4.69) is 5.32 Å². The molecule has 0 aliphatic carbocycles. The SMILES string of the molecule is CCOC(=O)/C(C#N)=C/c1ccc(NC(=O)c2ccc3c(c2)S(=O)(=O)c2ccccc2C3=O)cc1. The van der Waals surface area contributed by atoms with Gasteiger partial charge in [-0.15, -0.1) is 0 Å². The van der Waals surface area contributed by atoms with Crippen molar-refractivity contribution in [3.8, 4) is 6.07 Å². The zero-order chi connectivity index (χ0) is 25.2. The molecule has 174 valence electrons. The van der Waals surface area contributed by atoms with Gasteiger partial charge in [-0.05, 0) is 61.0 Å². The summed E-state index contributed by atoms with van der Waals surface area (Å²) in [7, 11) is -3.97. The van der Waals surface area contributed by atoms with Crippen LogP contribution in [0.3, 0.4) is 0 Å². The lowest BCUT2D eigenvalue weighted by atomic mass is 10.0. The molecule has 0 bridgehead atoms. The van der Waals surface area contributed by atoms with Crippen LogP contribution in [0.4, 0.5) is 5.69 Å². The molecule has 0 spiro atoms. The number of ether oxygens (including phenoxy) is 1. The van der Waals surface area contributed by atoms with Crippen molar-refractivity contribution in [2.75, 3.05) is 11.9 Å². The number of ketones is 1. The predicted octanol–water partition coefficient (Wildman–Crippen LogP) is 3.79. The number of anilines is 1. The number of esters is 1. The van der Waals surface area contributed by atoms with E-state index in [1.807, 2.05) is 0 Å². The maximum atomic E-state index is 13.1. The Kier molecular flexibility index (Phi) is 6.32. The first-order valence-electron chi connectivity index (χ1n) is 10.5. The third kappa shape index (κ3) is 4.47. The summed E-state index contributed by atoms with van der Waals surface area (Å²) in [6.07, 6.45) is 1.37. The van der Waals surface area contributed by atoms with E-state index in [0.29, 0.717) is 11.3 Å². The quantitative estimate of drug-likeness (QED) is 0.258. The molecule has 1 aliphatic heterocycles. The second-order valence-electron chi connectivity index (χ2n) is 7.51. The average molecular weight is 487 g/mol. The third-order valence-corrected chi connectivity index (χ3v) is 7.15. The Balaban J connectivity index is 1.57. The van der Waals surface area contributed by atoms with E-state index in [0.717, 1.165) is 0 Å². The number of fused-ring (bicyclic) bond motifs is 2. The highest BCUT2D eigenvalue weighted by molar-refractivity contribution is 7.91. The van der Waals surface area contributed by atoms with Gasteiger partial charge in [0, 0.05) is 22.4 Å². The standard InChI is InChI=1S/C26H18N2O6S/c1-2-34-26(31)18(15-27)13-16-7-10-19(11-8-16)28-25(30)17-9-12-21-23(14-17)35(32,33)22-6-4-3-5-20(22)24(21)29/h3-14H,2H2,1H3,(H,28,30)/b18-13+. The number of hydrogen-bond donors (Lipinski definition) is 1. The Bertz CT molecular complexity index is 1550. The molecule has 0 radical (unpaired) electrons. The zero-order valence-electron chi connectivity index (χ0n) is 18.4. The van der Waals surface area contributed by atoms with E-state index >= 15 is 0 Å². The minimum atomic E-state index is -3.97. The smallest absolute Gasteiger partial charge is 0.348 e. The Hall–Kier alpha value is -4.55. The van der Waals surface area contributed by atoms with Crippen LogP contribution in [0.1, 0.15) is 38.8 Å². The van der Waals surface area contributed by atoms with Gasteiger partial charge in [0.2, 0.25) is 9.84 Å². The summed E-state index contributed by atoms with van der Waals surface area (Å²) >= 11 is 0. The van der Waals surface area contributed by atoms with Crippen molar-refractivity contribution < 1.29 is 27.5 Å². The van der Waals surface area contributed by atoms with E-state index in [9.17, 15) is 22.8 Å². The van der Waals surface area contributed by atoms with Crippen LogP contribution in [0, 0.1) is 11.3 Å². The monoisotopic (exact) mass is 486 g/mol. The van der Waals surface area contributed by atoms with Crippen molar-refractivity contribution in [3.05, 3.63) is 94.6 Å². The first-order chi connectivity index (χ1) is 16.8. The lowest BCUT2D eigenvalue weighted by Gasteiger charge is -2.19. The van der Waals surface area contributed by atoms with Gasteiger partial charge in [0.05, 0.1) is 16.4 Å². The Morgan fingerprint density at radius 1 is 1.00 bits per heavy atom. The first kappa shape index (κ1) is 23.6. The van der Waals surface area contributed by atoms with Gasteiger partial charge >= 0.3 is 5.97 Å². The topological polar surface area (TPSA) is 130 Å². The molecule has 3 aromatic rings. The molecule has 0 unspecified atom stereocenters. The fourth-order valence-electron chi connectivity index (χ4n) is 3.60. The number of carbonyl (C=O) groups is 3. The van der Waals surface area contributed by atoms with Crippen molar-refractivity contribution in [3.63, 3.8) is 0 Å². The van der Waals surface area contributed by atoms with Crippen LogP contribution in [-0.2, 0) is 19.4 Å². The van der Waals surface area contributed by atoms with Crippen molar-refractivity contribution in [1.29, 1.82) is 5.26 Å². The maximum Gasteiger partial charge on any atom is 0.348 e. The van der Waals surface area contributed by atoms with Gasteiger partial charge in [-0.2, -0.15) is 5.26 Å². The Morgan fingerprint density at radius 3 is 2.37 bits per heavy atom. The lowest BCUT2D eigenvalue weighted by Crippen LogP contribution is -2.21. The van der Waals surface area contributed by atoms with Crippen LogP contribution in [0.15, 0.2) is 82.1 Å². The highest BCUT2D eigenvalue weighted by Crippen LogP contribution is 2.34. The largest absolute Gasteiger partial charge is 0.462 e. The molecule has 1 N–H and O–H groups in total. The number of hydrogen-bond acceptors (Lipinski definition) is 7. The van der Waals surface area contributed by atoms with Crippen LogP contribution in [0.2, 0.25) is 0 Å². The van der Waals surface area contributed by atoms with Crippen LogP contribution >= 0.6 is 0 Å². The molecule has 8 nitrogen and oxygen atoms in total. The Morgan fingerprint density at radius 2 is 1.69 bits per heavy atom. The number of nitriles is 1. The van der Waals surface area contributed by atoms with E-state index in [1.165, 1.54) is 42.5 Å². The molecule has 4 rings (SSSR count). The molecular weight excluding hydrogens is 468 g/mol. The van der Waals surface area contributed by atoms with Gasteiger partial charge < -0.3 is 10.1 Å². The van der Waals surface area contributed by atoms with Crippen molar-refractivity contribution in [2.45, 2.75) is 16.7 Å². The zero-order valence-corrected chi connectivity index (χ0v) is 19.3. The number of rotatable bonds is 5. The summed E-state index contributed by atoms with van der Waals surface area (Å²) in [5, 5.41) is 11.8. The molecule has 0 saturated heterocycles. The molecule has 1 heterocycles. The van der Waals surface area contributed by atoms with Gasteiger partial charge in [-0.1, -0.05) is 24.3 Å². The molecule has 0 fully saturated rings. The normalized spacial score (nSPS) is 13.7. The molecule has 9 heteroatoms. The fourth-order valence-corrected chi connectivity index (χ4v) is 5.28. The van der Waals surface area contributed by atoms with Crippen molar-refractivity contribution in [2.24, 2.45) is 0 Å². The average Bonchev–Trinajstić information content (AvgIpc) is 2.87. The van der Waals surface area contributed by atoms with Gasteiger partial charge in [0.15, 0.2) is 5.78 Å².